The van der Waals surface area contributed by atoms with E-state index < -0.39 is 0 Å². The molecule has 6 nitrogen and oxygen atoms in total. The van der Waals surface area contributed by atoms with Crippen molar-refractivity contribution >= 4 is 40.2 Å². The summed E-state index contributed by atoms with van der Waals surface area (Å²) in [5.74, 6) is 0.816. The fourth-order valence-corrected chi connectivity index (χ4v) is 3.92. The predicted molar refractivity (Wildman–Crippen MR) is 104 cm³/mol. The van der Waals surface area contributed by atoms with Crippen molar-refractivity contribution < 1.29 is 0 Å². The van der Waals surface area contributed by atoms with Crippen LogP contribution in [0, 0.1) is 0 Å². The minimum atomic E-state index is -0.189. The Kier molecular flexibility index (Phi) is 4.63. The molecule has 1 aliphatic carbocycles. The average molecular weight is 392 g/mol. The predicted octanol–water partition coefficient (Wildman–Crippen LogP) is 4.23. The molecule has 8 heteroatoms. The van der Waals surface area contributed by atoms with E-state index in [-0.39, 0.29) is 5.56 Å². The molecule has 1 aliphatic rings. The molecule has 26 heavy (non-hydrogen) atoms. The maximum absolute atomic E-state index is 12.5. The molecular weight excluding hydrogens is 373 g/mol. The number of aryl methyl sites for hydroxylation is 1. The molecule has 1 saturated carbocycles. The first-order valence-corrected chi connectivity index (χ1v) is 9.43. The first-order chi connectivity index (χ1) is 12.5. The molecule has 136 valence electrons. The fourth-order valence-electron chi connectivity index (χ4n) is 3.60. The molecule has 0 unspecified atom stereocenters. The normalized spacial score (nSPS) is 15.0. The van der Waals surface area contributed by atoms with Crippen molar-refractivity contribution in [1.29, 1.82) is 0 Å². The number of nitrogens with zero attached hydrogens (tertiary/aromatic N) is 3. The van der Waals surface area contributed by atoms with Crippen LogP contribution in [0.15, 0.2) is 23.0 Å². The summed E-state index contributed by atoms with van der Waals surface area (Å²) in [6, 6.07) is 5.42. The fraction of sp³-hybridized carbons (Fsp3) is 0.389. The van der Waals surface area contributed by atoms with Crippen LogP contribution >= 0.6 is 23.2 Å². The zero-order valence-corrected chi connectivity index (χ0v) is 15.9. The van der Waals surface area contributed by atoms with Gasteiger partial charge in [-0.25, -0.2) is 4.98 Å². The lowest BCUT2D eigenvalue weighted by atomic mass is 10.0. The van der Waals surface area contributed by atoms with Crippen molar-refractivity contribution in [3.63, 3.8) is 0 Å². The third-order valence-electron chi connectivity index (χ3n) is 4.90. The zero-order valence-electron chi connectivity index (χ0n) is 14.4. The highest BCUT2D eigenvalue weighted by molar-refractivity contribution is 6.42. The van der Waals surface area contributed by atoms with Crippen LogP contribution in [-0.2, 0) is 13.6 Å². The van der Waals surface area contributed by atoms with Gasteiger partial charge in [0, 0.05) is 19.5 Å². The number of anilines is 1. The van der Waals surface area contributed by atoms with E-state index in [1.165, 1.54) is 12.8 Å². The Hall–Kier alpha value is -2.05. The van der Waals surface area contributed by atoms with Gasteiger partial charge in [-0.2, -0.15) is 5.10 Å². The molecule has 2 aromatic heterocycles. The Morgan fingerprint density at radius 3 is 2.77 bits per heavy atom. The number of hydrogen-bond acceptors (Lipinski definition) is 4. The summed E-state index contributed by atoms with van der Waals surface area (Å²) in [4.78, 5) is 20.0. The van der Waals surface area contributed by atoms with Crippen molar-refractivity contribution in [1.82, 2.24) is 19.7 Å². The van der Waals surface area contributed by atoms with E-state index in [2.05, 4.69) is 20.4 Å². The number of aromatic nitrogens is 4. The van der Waals surface area contributed by atoms with E-state index in [0.717, 1.165) is 24.1 Å². The molecule has 1 aromatic carbocycles. The van der Waals surface area contributed by atoms with Crippen LogP contribution in [0.4, 0.5) is 5.95 Å². The third-order valence-corrected chi connectivity index (χ3v) is 5.64. The van der Waals surface area contributed by atoms with Crippen LogP contribution in [0.2, 0.25) is 10.0 Å². The van der Waals surface area contributed by atoms with Crippen molar-refractivity contribution in [2.45, 2.75) is 38.1 Å². The van der Waals surface area contributed by atoms with Gasteiger partial charge in [-0.05, 0) is 30.5 Å². The molecule has 0 bridgehead atoms. The van der Waals surface area contributed by atoms with Gasteiger partial charge >= 0.3 is 0 Å². The van der Waals surface area contributed by atoms with Crippen molar-refractivity contribution in [2.24, 2.45) is 7.05 Å². The highest BCUT2D eigenvalue weighted by atomic mass is 35.5. The molecule has 0 saturated heterocycles. The maximum Gasteiger partial charge on any atom is 0.278 e. The van der Waals surface area contributed by atoms with Gasteiger partial charge in [0.1, 0.15) is 5.52 Å². The lowest BCUT2D eigenvalue weighted by Gasteiger charge is -2.08. The van der Waals surface area contributed by atoms with E-state index in [1.54, 1.807) is 23.9 Å². The number of halogens is 2. The number of hydrogen-bond donors (Lipinski definition) is 2. The highest BCUT2D eigenvalue weighted by Gasteiger charge is 2.25. The number of nitrogens with one attached hydrogen (secondary N) is 2. The van der Waals surface area contributed by atoms with Crippen molar-refractivity contribution in [3.8, 4) is 0 Å². The number of aromatic amines is 1. The second-order valence-corrected chi connectivity index (χ2v) is 7.52. The number of rotatable bonds is 4. The summed E-state index contributed by atoms with van der Waals surface area (Å²) >= 11 is 12.0. The van der Waals surface area contributed by atoms with Gasteiger partial charge in [0.2, 0.25) is 5.95 Å². The van der Waals surface area contributed by atoms with E-state index in [9.17, 15) is 4.79 Å². The largest absolute Gasteiger partial charge is 0.352 e. The van der Waals surface area contributed by atoms with Crippen molar-refractivity contribution in [3.05, 3.63) is 49.9 Å². The average Bonchev–Trinajstić information content (AvgIpc) is 3.24. The van der Waals surface area contributed by atoms with Gasteiger partial charge in [0.15, 0.2) is 5.52 Å². The zero-order chi connectivity index (χ0) is 18.3. The number of benzene rings is 1. The van der Waals surface area contributed by atoms with E-state index in [1.807, 2.05) is 6.07 Å². The van der Waals surface area contributed by atoms with Crippen LogP contribution in [0.25, 0.3) is 11.0 Å². The topological polar surface area (TPSA) is 75.6 Å². The van der Waals surface area contributed by atoms with Gasteiger partial charge < -0.3 is 5.32 Å². The van der Waals surface area contributed by atoms with Gasteiger partial charge in [0.05, 0.1) is 15.7 Å². The summed E-state index contributed by atoms with van der Waals surface area (Å²) in [6.07, 6.45) is 4.61. The number of H-pyrrole nitrogens is 1. The van der Waals surface area contributed by atoms with Crippen LogP contribution in [0.3, 0.4) is 0 Å². The maximum atomic E-state index is 12.5. The first kappa shape index (κ1) is 17.4. The Balaban J connectivity index is 1.66. The lowest BCUT2D eigenvalue weighted by Crippen LogP contribution is -2.15. The SMILES string of the molecule is Cn1nc(C2CCCC2)c2nc(NCc3ccc(Cl)c(Cl)c3)[nH]c(=O)c21. The van der Waals surface area contributed by atoms with Crippen LogP contribution in [0.5, 0.6) is 0 Å². The molecule has 0 spiro atoms. The van der Waals surface area contributed by atoms with Crippen LogP contribution in [0.1, 0.15) is 42.9 Å². The molecule has 4 rings (SSSR count). The second-order valence-electron chi connectivity index (χ2n) is 6.70. The number of fused-ring (bicyclic) bond motifs is 1. The molecule has 2 N–H and O–H groups in total. The Morgan fingerprint density at radius 1 is 1.27 bits per heavy atom. The summed E-state index contributed by atoms with van der Waals surface area (Å²) < 4.78 is 1.64. The van der Waals surface area contributed by atoms with E-state index >= 15 is 0 Å². The second kappa shape index (κ2) is 6.93. The van der Waals surface area contributed by atoms with Crippen LogP contribution < -0.4 is 10.9 Å². The van der Waals surface area contributed by atoms with Gasteiger partial charge in [0.25, 0.3) is 5.56 Å². The molecule has 0 radical (unpaired) electrons. The summed E-state index contributed by atoms with van der Waals surface area (Å²) in [5.41, 5.74) is 2.91. The Morgan fingerprint density at radius 2 is 2.04 bits per heavy atom. The summed E-state index contributed by atoms with van der Waals surface area (Å²) in [5, 5.41) is 8.76. The lowest BCUT2D eigenvalue weighted by molar-refractivity contribution is 0.664. The Bertz CT molecular complexity index is 1020. The molecule has 0 amide bonds. The van der Waals surface area contributed by atoms with E-state index in [4.69, 9.17) is 23.2 Å². The molecule has 3 aromatic rings. The van der Waals surface area contributed by atoms with Crippen molar-refractivity contribution in [2.75, 3.05) is 5.32 Å². The minimum absolute atomic E-state index is 0.189. The molecule has 0 atom stereocenters. The smallest absolute Gasteiger partial charge is 0.278 e. The summed E-state index contributed by atoms with van der Waals surface area (Å²) in [6.45, 7) is 0.477. The molecule has 1 fully saturated rings. The first-order valence-electron chi connectivity index (χ1n) is 8.67. The van der Waals surface area contributed by atoms with Crippen LogP contribution in [-0.4, -0.2) is 19.7 Å². The minimum Gasteiger partial charge on any atom is -0.352 e. The molecule has 0 aliphatic heterocycles. The van der Waals surface area contributed by atoms with E-state index in [0.29, 0.717) is 39.5 Å². The van der Waals surface area contributed by atoms with Gasteiger partial charge in [-0.3, -0.25) is 14.5 Å². The van der Waals surface area contributed by atoms with Gasteiger partial charge in [-0.15, -0.1) is 0 Å². The molecule has 2 heterocycles. The summed E-state index contributed by atoms with van der Waals surface area (Å²) in [7, 11) is 1.79. The standard InChI is InChI=1S/C18H19Cl2N5O/c1-25-16-15(14(24-25)11-4-2-3-5-11)22-18(23-17(16)26)21-9-10-6-7-12(19)13(20)8-10/h6-8,11H,2-5,9H2,1H3,(H2,21,22,23,26). The monoisotopic (exact) mass is 391 g/mol. The third kappa shape index (κ3) is 3.19. The van der Waals surface area contributed by atoms with Gasteiger partial charge in [-0.1, -0.05) is 42.1 Å². The highest BCUT2D eigenvalue weighted by Crippen LogP contribution is 2.35. The Labute approximate surface area is 160 Å². The quantitative estimate of drug-likeness (QED) is 0.697. The molecular formula is C18H19Cl2N5O.